The molecule has 12 atom stereocenters. The molecule has 6 amide bonds. The van der Waals surface area contributed by atoms with Crippen molar-refractivity contribution in [3.8, 4) is 0 Å². The van der Waals surface area contributed by atoms with Crippen LogP contribution in [0, 0.1) is 47.3 Å². The Morgan fingerprint density at radius 1 is 0.655 bits per heavy atom. The summed E-state index contributed by atoms with van der Waals surface area (Å²) in [4.78, 5) is 105. The molecule has 0 spiro atoms. The van der Waals surface area contributed by atoms with E-state index in [4.69, 9.17) is 39.9 Å². The molecule has 6 rings (SSSR count). The van der Waals surface area contributed by atoms with E-state index in [0.717, 1.165) is 9.80 Å². The molecule has 58 heavy (non-hydrogen) atoms. The molecule has 6 aliphatic heterocycles. The van der Waals surface area contributed by atoms with Crippen LogP contribution in [0.3, 0.4) is 0 Å². The predicted octanol–water partition coefficient (Wildman–Crippen LogP) is -0.201. The van der Waals surface area contributed by atoms with E-state index in [1.54, 1.807) is 38.2 Å². The Morgan fingerprint density at radius 2 is 1.03 bits per heavy atom. The Labute approximate surface area is 336 Å². The van der Waals surface area contributed by atoms with Crippen molar-refractivity contribution in [3.63, 3.8) is 0 Å². The highest BCUT2D eigenvalue weighted by molar-refractivity contribution is 6.08. The first-order chi connectivity index (χ1) is 27.6. The number of nitrogens with zero attached hydrogens (tertiary/aromatic N) is 2. The highest BCUT2D eigenvalue weighted by Crippen LogP contribution is 2.53. The number of amides is 6. The van der Waals surface area contributed by atoms with Gasteiger partial charge in [0.05, 0.1) is 87.2 Å². The molecule has 0 radical (unpaired) electrons. The van der Waals surface area contributed by atoms with Crippen LogP contribution in [0.2, 0.25) is 0 Å². The highest BCUT2D eigenvalue weighted by Gasteiger charge is 2.69. The van der Waals surface area contributed by atoms with Gasteiger partial charge in [-0.05, 0) is 37.8 Å². The number of imide groups is 2. The summed E-state index contributed by atoms with van der Waals surface area (Å²) in [5.74, 6) is -9.11. The van der Waals surface area contributed by atoms with Crippen molar-refractivity contribution in [2.75, 3.05) is 52.7 Å². The molecule has 12 unspecified atom stereocenters. The van der Waals surface area contributed by atoms with E-state index in [9.17, 15) is 38.4 Å². The van der Waals surface area contributed by atoms with Crippen molar-refractivity contribution in [1.82, 2.24) is 9.80 Å². The molecule has 0 saturated carbocycles. The summed E-state index contributed by atoms with van der Waals surface area (Å²) in [6.07, 6.45) is 6.96. The number of carbonyl (C=O) groups is 8. The first-order valence-corrected chi connectivity index (χ1v) is 20.1. The van der Waals surface area contributed by atoms with Gasteiger partial charge in [-0.15, -0.1) is 0 Å². The smallest absolute Gasteiger partial charge is 0.308 e. The number of ether oxygens (including phenoxy) is 6. The number of nitrogens with two attached hydrogens (primary N) is 2. The fourth-order valence-corrected chi connectivity index (χ4v) is 9.20. The molecular formula is C40H54N4O14. The average molecular weight is 815 g/mol. The van der Waals surface area contributed by atoms with Crippen LogP contribution < -0.4 is 11.5 Å². The number of rotatable bonds is 23. The van der Waals surface area contributed by atoms with Crippen molar-refractivity contribution in [1.29, 1.82) is 0 Å². The van der Waals surface area contributed by atoms with Gasteiger partial charge in [-0.1, -0.05) is 39.8 Å². The van der Waals surface area contributed by atoms with Crippen LogP contribution in [0.1, 0.15) is 53.4 Å². The van der Waals surface area contributed by atoms with Crippen LogP contribution in [-0.4, -0.2) is 133 Å². The zero-order chi connectivity index (χ0) is 42.1. The van der Waals surface area contributed by atoms with Crippen LogP contribution in [0.25, 0.3) is 0 Å². The summed E-state index contributed by atoms with van der Waals surface area (Å²) >= 11 is 0. The van der Waals surface area contributed by atoms with Gasteiger partial charge in [0, 0.05) is 11.8 Å². The lowest BCUT2D eigenvalue weighted by Crippen LogP contribution is -2.45. The molecule has 4 bridgehead atoms. The minimum atomic E-state index is -1.27. The number of likely N-dealkylation sites (tertiary alicyclic amines) is 2. The molecule has 0 aromatic rings. The van der Waals surface area contributed by atoms with Gasteiger partial charge in [0.15, 0.2) is 0 Å². The Hall–Kier alpha value is -4.52. The minimum absolute atomic E-state index is 0.00471. The lowest BCUT2D eigenvalue weighted by Gasteiger charge is -2.29. The topological polar surface area (TPSA) is 250 Å². The van der Waals surface area contributed by atoms with Crippen LogP contribution in [0.4, 0.5) is 0 Å². The van der Waals surface area contributed by atoms with Gasteiger partial charge in [-0.3, -0.25) is 48.2 Å². The summed E-state index contributed by atoms with van der Waals surface area (Å²) in [5, 5.41) is 0. The maximum atomic E-state index is 13.5. The maximum absolute atomic E-state index is 13.5. The molecule has 18 heteroatoms. The van der Waals surface area contributed by atoms with Crippen molar-refractivity contribution in [2.24, 2.45) is 58.8 Å². The SMILES string of the molecule is CCC(CC(C)C(=O)OCC12C=CC(O1)C1C(=O)N(CCOCCOCCN3C(=O)C4C5C=CC(COC(=O)C(C)CC(CC)C(N)=O)(O5)C4C3=O)C(=O)C12)C(N)=O. The number of fused-ring (bicyclic) bond motifs is 10. The van der Waals surface area contributed by atoms with Gasteiger partial charge in [-0.25, -0.2) is 0 Å². The van der Waals surface area contributed by atoms with E-state index in [-0.39, 0.29) is 65.6 Å². The first kappa shape index (κ1) is 43.1. The van der Waals surface area contributed by atoms with Gasteiger partial charge in [-0.2, -0.15) is 0 Å². The molecular weight excluding hydrogens is 760 g/mol. The van der Waals surface area contributed by atoms with Gasteiger partial charge in [0.1, 0.15) is 24.4 Å². The summed E-state index contributed by atoms with van der Waals surface area (Å²) in [6.45, 7) is 6.68. The molecule has 4 saturated heterocycles. The molecule has 6 heterocycles. The summed E-state index contributed by atoms with van der Waals surface area (Å²) in [6, 6.07) is 0. The molecule has 0 aromatic carbocycles. The molecule has 6 aliphatic rings. The van der Waals surface area contributed by atoms with Crippen molar-refractivity contribution in [3.05, 3.63) is 24.3 Å². The van der Waals surface area contributed by atoms with Crippen molar-refractivity contribution < 1.29 is 66.8 Å². The second kappa shape index (κ2) is 17.4. The zero-order valence-electron chi connectivity index (χ0n) is 33.3. The van der Waals surface area contributed by atoms with Gasteiger partial charge < -0.3 is 39.9 Å². The van der Waals surface area contributed by atoms with E-state index < -0.39 is 118 Å². The number of hydrogen-bond donors (Lipinski definition) is 2. The molecule has 0 aliphatic carbocycles. The number of primary amides is 2. The average Bonchev–Trinajstić information content (AvgIpc) is 4.04. The van der Waals surface area contributed by atoms with Gasteiger partial charge in [0.25, 0.3) is 0 Å². The molecule has 318 valence electrons. The second-order valence-corrected chi connectivity index (χ2v) is 16.2. The van der Waals surface area contributed by atoms with E-state index in [0.29, 0.717) is 12.8 Å². The van der Waals surface area contributed by atoms with Crippen molar-refractivity contribution in [2.45, 2.75) is 76.8 Å². The Bertz CT molecular complexity index is 1630. The number of carbonyl (C=O) groups excluding carboxylic acids is 8. The largest absolute Gasteiger partial charge is 0.462 e. The quantitative estimate of drug-likeness (QED) is 0.0587. The van der Waals surface area contributed by atoms with Gasteiger partial charge >= 0.3 is 11.9 Å². The van der Waals surface area contributed by atoms with Crippen LogP contribution >= 0.6 is 0 Å². The summed E-state index contributed by atoms with van der Waals surface area (Å²) < 4.78 is 34.5. The first-order valence-electron chi connectivity index (χ1n) is 20.1. The monoisotopic (exact) mass is 814 g/mol. The van der Waals surface area contributed by atoms with Crippen LogP contribution in [-0.2, 0) is 66.8 Å². The normalized spacial score (nSPS) is 32.1. The third-order valence-corrected chi connectivity index (χ3v) is 12.5. The Kier molecular flexibility index (Phi) is 12.9. The van der Waals surface area contributed by atoms with E-state index >= 15 is 0 Å². The van der Waals surface area contributed by atoms with Crippen LogP contribution in [0.15, 0.2) is 24.3 Å². The summed E-state index contributed by atoms with van der Waals surface area (Å²) in [5.41, 5.74) is 8.31. The van der Waals surface area contributed by atoms with E-state index in [2.05, 4.69) is 0 Å². The third kappa shape index (κ3) is 7.95. The maximum Gasteiger partial charge on any atom is 0.308 e. The van der Waals surface area contributed by atoms with E-state index in [1.165, 1.54) is 0 Å². The minimum Gasteiger partial charge on any atom is -0.462 e. The fraction of sp³-hybridized carbons (Fsp3) is 0.700. The Morgan fingerprint density at radius 3 is 1.38 bits per heavy atom. The van der Waals surface area contributed by atoms with Gasteiger partial charge in [0.2, 0.25) is 35.4 Å². The van der Waals surface area contributed by atoms with Crippen LogP contribution in [0.5, 0.6) is 0 Å². The lowest BCUT2D eigenvalue weighted by molar-refractivity contribution is -0.160. The third-order valence-electron chi connectivity index (χ3n) is 12.5. The standard InChI is InChI=1S/C40H54N4O14/c1-5-23(31(41)45)17-21(3)37(51)55-19-39-9-7-25(57-39)27-29(39)35(49)43(33(27)47)11-13-53-15-16-54-14-12-44-34(48)28-26-8-10-40(58-26,30(28)36(44)50)20-56-38(52)22(4)18-24(6-2)32(42)46/h7-10,21-30H,5-6,11-20H2,1-4H3,(H2,41,45)(H2,42,46). The second-order valence-electron chi connectivity index (χ2n) is 16.2. The lowest BCUT2D eigenvalue weighted by atomic mass is 9.77. The zero-order valence-corrected chi connectivity index (χ0v) is 33.3. The highest BCUT2D eigenvalue weighted by atomic mass is 16.6. The van der Waals surface area contributed by atoms with E-state index in [1.807, 2.05) is 13.8 Å². The number of esters is 2. The molecule has 4 fully saturated rings. The molecule has 18 nitrogen and oxygen atoms in total. The molecule has 4 N–H and O–H groups in total. The molecule has 0 aromatic heterocycles. The fourth-order valence-electron chi connectivity index (χ4n) is 9.20. The number of hydrogen-bond acceptors (Lipinski definition) is 14. The Balaban J connectivity index is 0.903. The van der Waals surface area contributed by atoms with Crippen molar-refractivity contribution >= 4 is 47.4 Å². The predicted molar refractivity (Wildman–Crippen MR) is 198 cm³/mol. The summed E-state index contributed by atoms with van der Waals surface area (Å²) in [7, 11) is 0.